The van der Waals surface area contributed by atoms with Crippen LogP contribution in [0.2, 0.25) is 0 Å². The van der Waals surface area contributed by atoms with Crippen LogP contribution in [0.1, 0.15) is 25.5 Å². The van der Waals surface area contributed by atoms with E-state index in [1.165, 1.54) is 6.07 Å². The number of hydrogen-bond acceptors (Lipinski definition) is 4. The summed E-state index contributed by atoms with van der Waals surface area (Å²) in [7, 11) is 0. The molecule has 12 heavy (non-hydrogen) atoms. The molecule has 0 bridgehead atoms. The number of hydrogen-bond donors (Lipinski definition) is 2. The molecule has 1 aromatic rings. The Labute approximate surface area is 70.0 Å². The number of nitrogens with zero attached hydrogens (tertiary/aromatic N) is 2. The van der Waals surface area contributed by atoms with E-state index in [1.54, 1.807) is 0 Å². The van der Waals surface area contributed by atoms with Crippen molar-refractivity contribution in [3.63, 3.8) is 0 Å². The van der Waals surface area contributed by atoms with E-state index in [1.807, 2.05) is 13.8 Å². The van der Waals surface area contributed by atoms with Gasteiger partial charge in [-0.15, -0.1) is 0 Å². The summed E-state index contributed by atoms with van der Waals surface area (Å²) >= 11 is 0. The highest BCUT2D eigenvalue weighted by molar-refractivity contribution is 5.21. The second kappa shape index (κ2) is 2.84. The maximum absolute atomic E-state index is 11.1. The largest absolute Gasteiger partial charge is 0.368 e. The van der Waals surface area contributed by atoms with Crippen LogP contribution in [-0.4, -0.2) is 9.66 Å². The highest BCUT2D eigenvalue weighted by Gasteiger charge is 2.05. The zero-order valence-electron chi connectivity index (χ0n) is 7.11. The summed E-state index contributed by atoms with van der Waals surface area (Å²) in [5, 5.41) is 0. The SMILES string of the molecule is CC(C)c1cc(=O)n(N)c(N)n1. The third-order valence-electron chi connectivity index (χ3n) is 1.59. The van der Waals surface area contributed by atoms with Crippen LogP contribution in [0.3, 0.4) is 0 Å². The average Bonchev–Trinajstić information content (AvgIpc) is 1.99. The van der Waals surface area contributed by atoms with Gasteiger partial charge >= 0.3 is 0 Å². The predicted molar refractivity (Wildman–Crippen MR) is 47.1 cm³/mol. The van der Waals surface area contributed by atoms with Crippen molar-refractivity contribution < 1.29 is 0 Å². The minimum Gasteiger partial charge on any atom is -0.368 e. The normalized spacial score (nSPS) is 10.6. The van der Waals surface area contributed by atoms with Crippen LogP contribution in [-0.2, 0) is 0 Å². The lowest BCUT2D eigenvalue weighted by Crippen LogP contribution is -2.30. The molecule has 0 aliphatic rings. The topological polar surface area (TPSA) is 86.9 Å². The summed E-state index contributed by atoms with van der Waals surface area (Å²) in [6, 6.07) is 1.39. The molecule has 1 rings (SSSR count). The number of nitrogen functional groups attached to an aromatic ring is 2. The molecule has 1 aromatic heterocycles. The van der Waals surface area contributed by atoms with Crippen molar-refractivity contribution in [2.75, 3.05) is 11.6 Å². The van der Waals surface area contributed by atoms with Gasteiger partial charge in [0.2, 0.25) is 5.95 Å². The number of nitrogens with two attached hydrogens (primary N) is 2. The highest BCUT2D eigenvalue weighted by Crippen LogP contribution is 2.08. The van der Waals surface area contributed by atoms with E-state index < -0.39 is 0 Å². The van der Waals surface area contributed by atoms with E-state index >= 15 is 0 Å². The smallest absolute Gasteiger partial charge is 0.273 e. The molecule has 0 saturated heterocycles. The summed E-state index contributed by atoms with van der Waals surface area (Å²) in [5.74, 6) is 5.50. The van der Waals surface area contributed by atoms with E-state index in [2.05, 4.69) is 4.98 Å². The second-order valence-electron chi connectivity index (χ2n) is 2.90. The van der Waals surface area contributed by atoms with Crippen LogP contribution >= 0.6 is 0 Å². The molecule has 0 aromatic carbocycles. The van der Waals surface area contributed by atoms with Gasteiger partial charge in [-0.25, -0.2) is 4.98 Å². The van der Waals surface area contributed by atoms with Crippen LogP contribution in [0.4, 0.5) is 5.95 Å². The molecule has 5 heteroatoms. The van der Waals surface area contributed by atoms with E-state index in [0.717, 1.165) is 4.68 Å². The van der Waals surface area contributed by atoms with Crippen LogP contribution in [0.15, 0.2) is 10.9 Å². The fourth-order valence-corrected chi connectivity index (χ4v) is 0.823. The van der Waals surface area contributed by atoms with Crippen molar-refractivity contribution in [2.24, 2.45) is 0 Å². The van der Waals surface area contributed by atoms with Gasteiger partial charge in [0.15, 0.2) is 0 Å². The third kappa shape index (κ3) is 1.39. The quantitative estimate of drug-likeness (QED) is 0.562. The van der Waals surface area contributed by atoms with Gasteiger partial charge in [0, 0.05) is 6.07 Å². The first-order valence-corrected chi connectivity index (χ1v) is 3.67. The Balaban J connectivity index is 3.31. The standard InChI is InChI=1S/C7H12N4O/c1-4(2)5-3-6(12)11(9)7(8)10-5/h3-4H,9H2,1-2H3,(H2,8,10). The summed E-state index contributed by atoms with van der Waals surface area (Å²) in [5.41, 5.74) is 5.72. The van der Waals surface area contributed by atoms with Crippen LogP contribution in [0.25, 0.3) is 0 Å². The number of aromatic nitrogens is 2. The molecular weight excluding hydrogens is 156 g/mol. The van der Waals surface area contributed by atoms with Gasteiger partial charge in [0.25, 0.3) is 5.56 Å². The van der Waals surface area contributed by atoms with Crippen molar-refractivity contribution in [3.05, 3.63) is 22.1 Å². The zero-order valence-corrected chi connectivity index (χ0v) is 7.11. The molecule has 66 valence electrons. The molecule has 0 saturated carbocycles. The Kier molecular flexibility index (Phi) is 2.03. The lowest BCUT2D eigenvalue weighted by molar-refractivity contribution is 0.787. The van der Waals surface area contributed by atoms with Gasteiger partial charge in [-0.3, -0.25) is 4.79 Å². The Hall–Kier alpha value is -1.52. The minimum atomic E-state index is -0.328. The first-order valence-electron chi connectivity index (χ1n) is 3.67. The fourth-order valence-electron chi connectivity index (χ4n) is 0.823. The summed E-state index contributed by atoms with van der Waals surface area (Å²) < 4.78 is 0.825. The maximum atomic E-state index is 11.1. The fraction of sp³-hybridized carbons (Fsp3) is 0.429. The summed E-state index contributed by atoms with van der Waals surface area (Å²) in [6.07, 6.45) is 0. The van der Waals surface area contributed by atoms with Crippen LogP contribution < -0.4 is 17.1 Å². The van der Waals surface area contributed by atoms with Gasteiger partial charge in [0.1, 0.15) is 0 Å². The van der Waals surface area contributed by atoms with Gasteiger partial charge in [-0.05, 0) is 5.92 Å². The van der Waals surface area contributed by atoms with Gasteiger partial charge in [0.05, 0.1) is 5.69 Å². The lowest BCUT2D eigenvalue weighted by atomic mass is 10.1. The minimum absolute atomic E-state index is 0.0474. The second-order valence-corrected chi connectivity index (χ2v) is 2.90. The Morgan fingerprint density at radius 1 is 1.58 bits per heavy atom. The third-order valence-corrected chi connectivity index (χ3v) is 1.59. The zero-order chi connectivity index (χ0) is 9.30. The molecule has 1 heterocycles. The molecule has 4 N–H and O–H groups in total. The van der Waals surface area contributed by atoms with Crippen LogP contribution in [0.5, 0.6) is 0 Å². The van der Waals surface area contributed by atoms with Crippen molar-refractivity contribution in [1.82, 2.24) is 9.66 Å². The molecule has 0 spiro atoms. The average molecular weight is 168 g/mol. The molecule has 0 atom stereocenters. The van der Waals surface area contributed by atoms with E-state index in [0.29, 0.717) is 5.69 Å². The molecule has 0 amide bonds. The number of rotatable bonds is 1. The molecule has 5 nitrogen and oxygen atoms in total. The molecule has 0 radical (unpaired) electrons. The molecular formula is C7H12N4O. The molecule has 0 fully saturated rings. The van der Waals surface area contributed by atoms with Crippen molar-refractivity contribution >= 4 is 5.95 Å². The summed E-state index contributed by atoms with van der Waals surface area (Å²) in [6.45, 7) is 3.87. The van der Waals surface area contributed by atoms with Gasteiger partial charge < -0.3 is 11.6 Å². The van der Waals surface area contributed by atoms with Crippen molar-refractivity contribution in [2.45, 2.75) is 19.8 Å². The highest BCUT2D eigenvalue weighted by atomic mass is 16.1. The maximum Gasteiger partial charge on any atom is 0.273 e. The number of anilines is 1. The molecule has 0 aliphatic carbocycles. The first-order chi connectivity index (χ1) is 5.52. The monoisotopic (exact) mass is 168 g/mol. The summed E-state index contributed by atoms with van der Waals surface area (Å²) in [4.78, 5) is 15.0. The Morgan fingerprint density at radius 3 is 2.58 bits per heavy atom. The Morgan fingerprint density at radius 2 is 2.17 bits per heavy atom. The lowest BCUT2D eigenvalue weighted by Gasteiger charge is -2.06. The van der Waals surface area contributed by atoms with E-state index in [9.17, 15) is 4.79 Å². The predicted octanol–water partition coefficient (Wildman–Crippen LogP) is -0.337. The van der Waals surface area contributed by atoms with Gasteiger partial charge in [-0.2, -0.15) is 4.68 Å². The molecule has 0 unspecified atom stereocenters. The molecule has 0 aliphatic heterocycles. The van der Waals surface area contributed by atoms with Gasteiger partial charge in [-0.1, -0.05) is 13.8 Å². The van der Waals surface area contributed by atoms with Crippen LogP contribution in [0, 0.1) is 0 Å². The van der Waals surface area contributed by atoms with E-state index in [-0.39, 0.29) is 17.4 Å². The van der Waals surface area contributed by atoms with Crippen molar-refractivity contribution in [3.8, 4) is 0 Å². The van der Waals surface area contributed by atoms with Crippen molar-refractivity contribution in [1.29, 1.82) is 0 Å². The van der Waals surface area contributed by atoms with E-state index in [4.69, 9.17) is 11.6 Å². The first kappa shape index (κ1) is 8.58. The Bertz CT molecular complexity index is 342.